The van der Waals surface area contributed by atoms with E-state index in [4.69, 9.17) is 4.74 Å². The highest BCUT2D eigenvalue weighted by atomic mass is 16.5. The number of methoxy groups -OCH3 is 1. The van der Waals surface area contributed by atoms with Crippen LogP contribution in [-0.4, -0.2) is 18.9 Å². The molecule has 2 saturated carbocycles. The second kappa shape index (κ2) is 11.1. The van der Waals surface area contributed by atoms with Crippen LogP contribution >= 0.6 is 0 Å². The Morgan fingerprint density at radius 3 is 2.55 bits per heavy atom. The van der Waals surface area contributed by atoms with Gasteiger partial charge in [-0.1, -0.05) is 70.1 Å². The van der Waals surface area contributed by atoms with Crippen molar-refractivity contribution in [1.29, 1.82) is 0 Å². The monoisotopic (exact) mass is 400 g/mol. The maximum absolute atomic E-state index is 13.2. The summed E-state index contributed by atoms with van der Waals surface area (Å²) in [6.07, 6.45) is 21.8. The Morgan fingerprint density at radius 2 is 1.76 bits per heavy atom. The fourth-order valence-corrected chi connectivity index (χ4v) is 6.06. The van der Waals surface area contributed by atoms with Crippen LogP contribution in [0.3, 0.4) is 0 Å². The number of ether oxygens (including phenoxy) is 1. The molecule has 0 amide bonds. The van der Waals surface area contributed by atoms with Gasteiger partial charge in [0, 0.05) is 12.3 Å². The van der Waals surface area contributed by atoms with E-state index in [1.807, 2.05) is 0 Å². The van der Waals surface area contributed by atoms with Crippen molar-refractivity contribution in [2.45, 2.75) is 90.4 Å². The van der Waals surface area contributed by atoms with Gasteiger partial charge in [0.25, 0.3) is 0 Å². The largest absolute Gasteiger partial charge is 0.469 e. The zero-order valence-electron chi connectivity index (χ0n) is 18.5. The summed E-state index contributed by atoms with van der Waals surface area (Å²) < 4.78 is 4.70. The number of hydrogen-bond donors (Lipinski definition) is 0. The SMILES string of the molecule is CCCCCCCC[C@@H]1/C(=C/CCCCCC(=O)OC)C(=O)[C@@H]2[C@H]1[C@@H]1C=C[C@H]2C1. The fourth-order valence-electron chi connectivity index (χ4n) is 6.06. The van der Waals surface area contributed by atoms with Gasteiger partial charge in [0.1, 0.15) is 0 Å². The standard InChI is InChI=1S/C26H40O3/c1-3-4-5-6-7-10-13-21-22(14-11-8-9-12-15-23(27)29-2)26(28)25-20-17-16-19(18-20)24(21)25/h14,16-17,19-21,24-25H,3-13,15,18H2,1-2H3/b22-14-/t19-,20+,21-,24+,25+/m1/s1. The number of allylic oxidation sites excluding steroid dienone is 4. The number of esters is 1. The minimum absolute atomic E-state index is 0.121. The predicted molar refractivity (Wildman–Crippen MR) is 117 cm³/mol. The lowest BCUT2D eigenvalue weighted by atomic mass is 9.78. The van der Waals surface area contributed by atoms with Gasteiger partial charge in [0.15, 0.2) is 5.78 Å². The van der Waals surface area contributed by atoms with Gasteiger partial charge >= 0.3 is 5.97 Å². The Hall–Kier alpha value is -1.38. The fraction of sp³-hybridized carbons (Fsp3) is 0.769. The molecule has 0 aliphatic heterocycles. The number of rotatable bonds is 13. The van der Waals surface area contributed by atoms with E-state index in [9.17, 15) is 9.59 Å². The van der Waals surface area contributed by atoms with Crippen molar-refractivity contribution in [3.05, 3.63) is 23.8 Å². The molecule has 0 aromatic heterocycles. The number of fused-ring (bicyclic) bond motifs is 5. The molecule has 0 saturated heterocycles. The lowest BCUT2D eigenvalue weighted by Crippen LogP contribution is -2.21. The number of carbonyl (C=O) groups excluding carboxylic acids is 2. The first kappa shape index (κ1) is 22.3. The van der Waals surface area contributed by atoms with Crippen LogP contribution in [0.5, 0.6) is 0 Å². The summed E-state index contributed by atoms with van der Waals surface area (Å²) in [5.74, 6) is 2.86. The molecule has 2 bridgehead atoms. The van der Waals surface area contributed by atoms with E-state index >= 15 is 0 Å². The van der Waals surface area contributed by atoms with Crippen molar-refractivity contribution < 1.29 is 14.3 Å². The first-order valence-electron chi connectivity index (χ1n) is 12.2. The third-order valence-corrected chi connectivity index (χ3v) is 7.52. The smallest absolute Gasteiger partial charge is 0.305 e. The highest BCUT2D eigenvalue weighted by Gasteiger charge is 2.57. The van der Waals surface area contributed by atoms with E-state index in [-0.39, 0.29) is 11.9 Å². The Balaban J connectivity index is 1.52. The number of unbranched alkanes of at least 4 members (excludes halogenated alkanes) is 8. The molecule has 0 aromatic carbocycles. The number of hydrogen-bond acceptors (Lipinski definition) is 3. The number of carbonyl (C=O) groups is 2. The third-order valence-electron chi connectivity index (χ3n) is 7.52. The number of ketones is 1. The molecule has 0 spiro atoms. The average molecular weight is 401 g/mol. The molecule has 29 heavy (non-hydrogen) atoms. The Bertz CT molecular complexity index is 617. The van der Waals surface area contributed by atoms with Crippen LogP contribution in [0.1, 0.15) is 90.4 Å². The minimum atomic E-state index is -0.121. The summed E-state index contributed by atoms with van der Waals surface area (Å²) in [4.78, 5) is 24.5. The normalized spacial score (nSPS) is 31.0. The van der Waals surface area contributed by atoms with E-state index in [1.54, 1.807) is 0 Å². The lowest BCUT2D eigenvalue weighted by molar-refractivity contribution is -0.140. The quantitative estimate of drug-likeness (QED) is 0.155. The van der Waals surface area contributed by atoms with Crippen LogP contribution in [-0.2, 0) is 14.3 Å². The molecule has 3 nitrogen and oxygen atoms in total. The minimum Gasteiger partial charge on any atom is -0.469 e. The van der Waals surface area contributed by atoms with Crippen LogP contribution in [0.25, 0.3) is 0 Å². The van der Waals surface area contributed by atoms with Gasteiger partial charge in [-0.3, -0.25) is 9.59 Å². The first-order valence-corrected chi connectivity index (χ1v) is 12.2. The van der Waals surface area contributed by atoms with Crippen LogP contribution < -0.4 is 0 Å². The Kier molecular flexibility index (Phi) is 8.56. The van der Waals surface area contributed by atoms with Crippen LogP contribution in [0.15, 0.2) is 23.8 Å². The molecule has 2 fully saturated rings. The van der Waals surface area contributed by atoms with Gasteiger partial charge in [-0.05, 0) is 61.3 Å². The average Bonchev–Trinajstić information content (AvgIpc) is 3.41. The zero-order chi connectivity index (χ0) is 20.6. The molecular weight excluding hydrogens is 360 g/mol. The highest BCUT2D eigenvalue weighted by Crippen LogP contribution is 2.59. The molecule has 0 aromatic rings. The van der Waals surface area contributed by atoms with Crippen molar-refractivity contribution in [3.63, 3.8) is 0 Å². The van der Waals surface area contributed by atoms with Gasteiger partial charge in [0.05, 0.1) is 7.11 Å². The molecule has 3 rings (SSSR count). The van der Waals surface area contributed by atoms with Gasteiger partial charge in [0.2, 0.25) is 0 Å². The summed E-state index contributed by atoms with van der Waals surface area (Å²) in [5.41, 5.74) is 1.17. The van der Waals surface area contributed by atoms with Gasteiger partial charge in [-0.15, -0.1) is 0 Å². The second-order valence-electron chi connectivity index (χ2n) is 9.41. The maximum Gasteiger partial charge on any atom is 0.305 e. The van der Waals surface area contributed by atoms with Crippen molar-refractivity contribution >= 4 is 11.8 Å². The summed E-state index contributed by atoms with van der Waals surface area (Å²) in [6, 6.07) is 0. The van der Waals surface area contributed by atoms with Crippen molar-refractivity contribution in [2.75, 3.05) is 7.11 Å². The van der Waals surface area contributed by atoms with Crippen LogP contribution in [0, 0.1) is 29.6 Å². The van der Waals surface area contributed by atoms with E-state index in [1.165, 1.54) is 64.0 Å². The lowest BCUT2D eigenvalue weighted by Gasteiger charge is -2.25. The van der Waals surface area contributed by atoms with Crippen molar-refractivity contribution in [1.82, 2.24) is 0 Å². The molecule has 3 aliphatic rings. The summed E-state index contributed by atoms with van der Waals surface area (Å²) in [7, 11) is 1.45. The number of Topliss-reactive ketones (excluding diaryl/α,β-unsaturated/α-hetero) is 1. The first-order chi connectivity index (χ1) is 14.2. The summed E-state index contributed by atoms with van der Waals surface area (Å²) >= 11 is 0. The molecular formula is C26H40O3. The molecule has 0 radical (unpaired) electrons. The van der Waals surface area contributed by atoms with Gasteiger partial charge < -0.3 is 4.74 Å². The Morgan fingerprint density at radius 1 is 1.03 bits per heavy atom. The summed E-state index contributed by atoms with van der Waals surface area (Å²) in [5, 5.41) is 0. The van der Waals surface area contributed by atoms with E-state index < -0.39 is 0 Å². The van der Waals surface area contributed by atoms with E-state index in [0.29, 0.717) is 35.9 Å². The molecule has 0 unspecified atom stereocenters. The zero-order valence-corrected chi connectivity index (χ0v) is 18.5. The summed E-state index contributed by atoms with van der Waals surface area (Å²) in [6.45, 7) is 2.26. The molecule has 0 N–H and O–H groups in total. The predicted octanol–water partition coefficient (Wildman–Crippen LogP) is 6.42. The van der Waals surface area contributed by atoms with Gasteiger partial charge in [-0.25, -0.2) is 0 Å². The molecule has 0 heterocycles. The van der Waals surface area contributed by atoms with Gasteiger partial charge in [-0.2, -0.15) is 0 Å². The van der Waals surface area contributed by atoms with Crippen LogP contribution in [0.4, 0.5) is 0 Å². The highest BCUT2D eigenvalue weighted by molar-refractivity contribution is 6.01. The Labute approximate surface area is 177 Å². The molecule has 3 heteroatoms. The molecule has 5 atom stereocenters. The third kappa shape index (κ3) is 5.41. The van der Waals surface area contributed by atoms with E-state index in [0.717, 1.165) is 25.7 Å². The van der Waals surface area contributed by atoms with Crippen molar-refractivity contribution in [2.24, 2.45) is 29.6 Å². The maximum atomic E-state index is 13.2. The van der Waals surface area contributed by atoms with Crippen molar-refractivity contribution in [3.8, 4) is 0 Å². The topological polar surface area (TPSA) is 43.4 Å². The van der Waals surface area contributed by atoms with E-state index in [2.05, 4.69) is 25.2 Å². The molecule has 3 aliphatic carbocycles. The molecule has 162 valence electrons. The van der Waals surface area contributed by atoms with Crippen LogP contribution in [0.2, 0.25) is 0 Å². The second-order valence-corrected chi connectivity index (χ2v) is 9.41.